The number of anilines is 1. The van der Waals surface area contributed by atoms with Crippen molar-refractivity contribution < 1.29 is 22.7 Å². The maximum Gasteiger partial charge on any atom is 0.264 e. The monoisotopic (exact) mass is 689 g/mol. The van der Waals surface area contributed by atoms with Gasteiger partial charge in [0.15, 0.2) is 0 Å². The van der Waals surface area contributed by atoms with Gasteiger partial charge in [0, 0.05) is 17.1 Å². The van der Waals surface area contributed by atoms with E-state index in [1.165, 1.54) is 30.2 Å². The maximum absolute atomic E-state index is 14.2. The first-order chi connectivity index (χ1) is 20.5. The van der Waals surface area contributed by atoms with Gasteiger partial charge in [-0.2, -0.15) is 0 Å². The SMILES string of the molecule is COc1ccc(N(CC(=O)N(Cc2cccc(Br)c2)[C@H](C)C(=O)NC2CCCCC2)S(=O)(=O)c2ccc(C)cc2)cc1Cl. The summed E-state index contributed by atoms with van der Waals surface area (Å²) in [5.74, 6) is -0.432. The number of aryl methyl sites for hydroxylation is 1. The quantitative estimate of drug-likeness (QED) is 0.249. The van der Waals surface area contributed by atoms with E-state index in [1.54, 1.807) is 31.2 Å². The van der Waals surface area contributed by atoms with E-state index >= 15 is 0 Å². The Kier molecular flexibility index (Phi) is 11.1. The molecule has 0 bridgehead atoms. The molecule has 0 heterocycles. The standard InChI is InChI=1S/C32H37BrClN3O5S/c1-22-12-15-28(16-13-22)43(40,41)37(27-14-17-30(42-3)29(34)19-27)21-31(38)36(20-24-8-7-9-25(33)18-24)23(2)32(39)35-26-10-5-4-6-11-26/h7-9,12-19,23,26H,4-6,10-11,20-21H2,1-3H3,(H,35,39)/t23-/m1/s1. The average molecular weight is 691 g/mol. The minimum absolute atomic E-state index is 0.0273. The molecule has 43 heavy (non-hydrogen) atoms. The second-order valence-electron chi connectivity index (χ2n) is 10.8. The van der Waals surface area contributed by atoms with Gasteiger partial charge in [0.05, 0.1) is 22.7 Å². The number of nitrogens with zero attached hydrogens (tertiary/aromatic N) is 2. The number of ether oxygens (including phenoxy) is 1. The van der Waals surface area contributed by atoms with Crippen LogP contribution in [0.3, 0.4) is 0 Å². The fourth-order valence-corrected chi connectivity index (χ4v) is 7.26. The molecule has 3 aromatic carbocycles. The summed E-state index contributed by atoms with van der Waals surface area (Å²) in [5.41, 5.74) is 1.88. The summed E-state index contributed by atoms with van der Waals surface area (Å²) in [6.45, 7) is 3.10. The molecule has 230 valence electrons. The molecular weight excluding hydrogens is 654 g/mol. The van der Waals surface area contributed by atoms with Crippen LogP contribution < -0.4 is 14.4 Å². The molecule has 1 aliphatic rings. The van der Waals surface area contributed by atoms with E-state index in [0.29, 0.717) is 5.75 Å². The van der Waals surface area contributed by atoms with Crippen molar-refractivity contribution in [3.05, 3.63) is 87.4 Å². The fraction of sp³-hybridized carbons (Fsp3) is 0.375. The number of benzene rings is 3. The number of hydrogen-bond donors (Lipinski definition) is 1. The average Bonchev–Trinajstić information content (AvgIpc) is 2.99. The van der Waals surface area contributed by atoms with Crippen LogP contribution in [0.4, 0.5) is 5.69 Å². The normalized spacial score (nSPS) is 14.5. The van der Waals surface area contributed by atoms with Gasteiger partial charge in [-0.05, 0) is 74.7 Å². The van der Waals surface area contributed by atoms with E-state index in [1.807, 2.05) is 31.2 Å². The molecule has 11 heteroatoms. The molecule has 0 unspecified atom stereocenters. The highest BCUT2D eigenvalue weighted by atomic mass is 79.9. The third-order valence-electron chi connectivity index (χ3n) is 7.67. The zero-order valence-corrected chi connectivity index (χ0v) is 27.7. The minimum atomic E-state index is -4.21. The predicted molar refractivity (Wildman–Crippen MR) is 173 cm³/mol. The summed E-state index contributed by atoms with van der Waals surface area (Å²) in [5, 5.41) is 3.31. The molecule has 4 rings (SSSR count). The lowest BCUT2D eigenvalue weighted by Gasteiger charge is -2.33. The molecule has 1 fully saturated rings. The van der Waals surface area contributed by atoms with Crippen LogP contribution in [0, 0.1) is 6.92 Å². The molecule has 0 aromatic heterocycles. The van der Waals surface area contributed by atoms with Crippen molar-refractivity contribution in [3.8, 4) is 5.75 Å². The van der Waals surface area contributed by atoms with Crippen molar-refractivity contribution in [3.63, 3.8) is 0 Å². The Bertz CT molecular complexity index is 1540. The Balaban J connectivity index is 1.70. The molecule has 0 saturated heterocycles. The summed E-state index contributed by atoms with van der Waals surface area (Å²) < 4.78 is 35.2. The molecule has 0 aliphatic heterocycles. The number of amides is 2. The Labute approximate surface area is 267 Å². The van der Waals surface area contributed by atoms with E-state index in [0.717, 1.165) is 52.0 Å². The number of carbonyl (C=O) groups is 2. The van der Waals surface area contributed by atoms with Crippen LogP contribution in [0.15, 0.2) is 76.1 Å². The van der Waals surface area contributed by atoms with Crippen LogP contribution in [0.25, 0.3) is 0 Å². The Hall–Kier alpha value is -3.08. The van der Waals surface area contributed by atoms with Crippen molar-refractivity contribution in [2.24, 2.45) is 0 Å². The van der Waals surface area contributed by atoms with Gasteiger partial charge >= 0.3 is 0 Å². The first-order valence-corrected chi connectivity index (χ1v) is 16.9. The van der Waals surface area contributed by atoms with Crippen molar-refractivity contribution in [1.82, 2.24) is 10.2 Å². The number of hydrogen-bond acceptors (Lipinski definition) is 5. The minimum Gasteiger partial charge on any atom is -0.495 e. The van der Waals surface area contributed by atoms with Gasteiger partial charge in [-0.3, -0.25) is 13.9 Å². The zero-order valence-electron chi connectivity index (χ0n) is 24.6. The van der Waals surface area contributed by atoms with Crippen molar-refractivity contribution in [1.29, 1.82) is 0 Å². The van der Waals surface area contributed by atoms with Crippen molar-refractivity contribution in [2.75, 3.05) is 18.0 Å². The van der Waals surface area contributed by atoms with Gasteiger partial charge in [0.2, 0.25) is 11.8 Å². The molecule has 1 N–H and O–H groups in total. The van der Waals surface area contributed by atoms with Crippen LogP contribution in [0.2, 0.25) is 5.02 Å². The second-order valence-corrected chi connectivity index (χ2v) is 14.0. The number of carbonyl (C=O) groups excluding carboxylic acids is 2. The third kappa shape index (κ3) is 8.31. The topological polar surface area (TPSA) is 96.0 Å². The molecule has 3 aromatic rings. The van der Waals surface area contributed by atoms with Gasteiger partial charge < -0.3 is 15.0 Å². The van der Waals surface area contributed by atoms with Gasteiger partial charge in [-0.15, -0.1) is 0 Å². The highest BCUT2D eigenvalue weighted by Crippen LogP contribution is 2.32. The highest BCUT2D eigenvalue weighted by Gasteiger charge is 2.33. The second kappa shape index (κ2) is 14.6. The molecule has 1 saturated carbocycles. The maximum atomic E-state index is 14.2. The lowest BCUT2D eigenvalue weighted by atomic mass is 9.95. The first-order valence-electron chi connectivity index (χ1n) is 14.3. The predicted octanol–water partition coefficient (Wildman–Crippen LogP) is 6.48. The van der Waals surface area contributed by atoms with Gasteiger partial charge in [0.25, 0.3) is 10.0 Å². The van der Waals surface area contributed by atoms with E-state index in [9.17, 15) is 18.0 Å². The summed E-state index contributed by atoms with van der Waals surface area (Å²) in [7, 11) is -2.74. The highest BCUT2D eigenvalue weighted by molar-refractivity contribution is 9.10. The van der Waals surface area contributed by atoms with E-state index in [4.69, 9.17) is 16.3 Å². The van der Waals surface area contributed by atoms with E-state index < -0.39 is 28.5 Å². The zero-order chi connectivity index (χ0) is 31.1. The number of halogens is 2. The third-order valence-corrected chi connectivity index (χ3v) is 10.2. The molecule has 1 atom stereocenters. The van der Waals surface area contributed by atoms with Crippen molar-refractivity contribution in [2.45, 2.75) is 69.5 Å². The van der Waals surface area contributed by atoms with Gasteiger partial charge in [-0.25, -0.2) is 8.42 Å². The number of sulfonamides is 1. The summed E-state index contributed by atoms with van der Waals surface area (Å²) in [6.07, 6.45) is 5.06. The molecular formula is C32H37BrClN3O5S. The van der Waals surface area contributed by atoms with Gasteiger partial charge in [0.1, 0.15) is 18.3 Å². The van der Waals surface area contributed by atoms with E-state index in [2.05, 4.69) is 21.2 Å². The van der Waals surface area contributed by atoms with Crippen LogP contribution in [-0.4, -0.2) is 50.9 Å². The Morgan fingerprint density at radius 1 is 1.05 bits per heavy atom. The molecule has 0 spiro atoms. The Morgan fingerprint density at radius 2 is 1.74 bits per heavy atom. The van der Waals surface area contributed by atoms with Crippen LogP contribution in [-0.2, 0) is 26.2 Å². The molecule has 8 nitrogen and oxygen atoms in total. The van der Waals surface area contributed by atoms with E-state index in [-0.39, 0.29) is 34.1 Å². The number of nitrogens with one attached hydrogen (secondary N) is 1. The van der Waals surface area contributed by atoms with Crippen molar-refractivity contribution >= 4 is 55.1 Å². The summed E-state index contributed by atoms with van der Waals surface area (Å²) in [4.78, 5) is 29.1. The van der Waals surface area contributed by atoms with Crippen LogP contribution >= 0.6 is 27.5 Å². The van der Waals surface area contributed by atoms with Crippen LogP contribution in [0.1, 0.15) is 50.2 Å². The Morgan fingerprint density at radius 3 is 2.37 bits per heavy atom. The molecule has 0 radical (unpaired) electrons. The lowest BCUT2D eigenvalue weighted by Crippen LogP contribution is -2.53. The molecule has 2 amide bonds. The van der Waals surface area contributed by atoms with Gasteiger partial charge in [-0.1, -0.05) is 76.6 Å². The largest absolute Gasteiger partial charge is 0.495 e. The number of rotatable bonds is 11. The smallest absolute Gasteiger partial charge is 0.264 e. The molecule has 1 aliphatic carbocycles. The number of methoxy groups -OCH3 is 1. The lowest BCUT2D eigenvalue weighted by molar-refractivity contribution is -0.139. The van der Waals surface area contributed by atoms with Crippen LogP contribution in [0.5, 0.6) is 5.75 Å². The first kappa shape index (κ1) is 32.8. The summed E-state index contributed by atoms with van der Waals surface area (Å²) >= 11 is 9.87. The summed E-state index contributed by atoms with van der Waals surface area (Å²) in [6, 6.07) is 17.6. The fourth-order valence-electron chi connectivity index (χ4n) is 5.16.